The molecule has 0 unspecified atom stereocenters. The maximum Gasteiger partial charge on any atom is 0.505 e. The van der Waals surface area contributed by atoms with Crippen LogP contribution in [0.5, 0.6) is 0 Å². The summed E-state index contributed by atoms with van der Waals surface area (Å²) in [6.07, 6.45) is 3.55. The number of ether oxygens (including phenoxy) is 1. The van der Waals surface area contributed by atoms with E-state index in [0.29, 0.717) is 23.9 Å². The highest BCUT2D eigenvalue weighted by Crippen LogP contribution is 2.40. The van der Waals surface area contributed by atoms with Crippen molar-refractivity contribution < 1.29 is 14.6 Å². The Balaban J connectivity index is 2.39. The number of carboxylic acid groups (broad SMARTS) is 1. The average molecular weight is 214 g/mol. The Morgan fingerprint density at radius 1 is 1.40 bits per heavy atom. The summed E-state index contributed by atoms with van der Waals surface area (Å²) in [6, 6.07) is 0. The molecule has 3 nitrogen and oxygen atoms in total. The zero-order chi connectivity index (χ0) is 11.5. The zero-order valence-electron chi connectivity index (χ0n) is 9.95. The summed E-state index contributed by atoms with van der Waals surface area (Å²) in [5.41, 5.74) is 0.335. The van der Waals surface area contributed by atoms with Gasteiger partial charge in [-0.2, -0.15) is 0 Å². The fourth-order valence-electron chi connectivity index (χ4n) is 2.42. The lowest BCUT2D eigenvalue weighted by Crippen LogP contribution is -2.29. The first-order valence-electron chi connectivity index (χ1n) is 5.75. The molecule has 0 aromatic carbocycles. The summed E-state index contributed by atoms with van der Waals surface area (Å²) >= 11 is 0. The van der Waals surface area contributed by atoms with Crippen LogP contribution in [0.1, 0.15) is 46.5 Å². The van der Waals surface area contributed by atoms with Gasteiger partial charge in [-0.1, -0.05) is 27.2 Å². The minimum absolute atomic E-state index is 0.335. The van der Waals surface area contributed by atoms with Gasteiger partial charge >= 0.3 is 6.16 Å². The Kier molecular flexibility index (Phi) is 4.00. The first-order chi connectivity index (χ1) is 6.89. The predicted octanol–water partition coefficient (Wildman–Crippen LogP) is 3.53. The van der Waals surface area contributed by atoms with Gasteiger partial charge in [0, 0.05) is 0 Å². The van der Waals surface area contributed by atoms with E-state index in [4.69, 9.17) is 5.11 Å². The Labute approximate surface area is 91.8 Å². The van der Waals surface area contributed by atoms with Crippen molar-refractivity contribution >= 4 is 6.16 Å². The van der Waals surface area contributed by atoms with Crippen LogP contribution >= 0.6 is 0 Å². The van der Waals surface area contributed by atoms with Gasteiger partial charge in [0.15, 0.2) is 0 Å². The number of carbonyl (C=O) groups is 1. The van der Waals surface area contributed by atoms with E-state index in [1.165, 1.54) is 12.8 Å². The monoisotopic (exact) mass is 214 g/mol. The second-order valence-corrected chi connectivity index (χ2v) is 5.67. The third-order valence-corrected chi connectivity index (χ3v) is 3.45. The first-order valence-corrected chi connectivity index (χ1v) is 5.75. The first kappa shape index (κ1) is 12.3. The summed E-state index contributed by atoms with van der Waals surface area (Å²) in [5, 5.41) is 8.45. The molecule has 15 heavy (non-hydrogen) atoms. The molecule has 0 aromatic heterocycles. The van der Waals surface area contributed by atoms with Crippen LogP contribution in [0.3, 0.4) is 0 Å². The smallest absolute Gasteiger partial charge is 0.450 e. The Morgan fingerprint density at radius 3 is 2.60 bits per heavy atom. The van der Waals surface area contributed by atoms with Gasteiger partial charge in [0.2, 0.25) is 0 Å². The van der Waals surface area contributed by atoms with Crippen molar-refractivity contribution in [2.24, 2.45) is 17.3 Å². The number of hydrogen-bond donors (Lipinski definition) is 1. The van der Waals surface area contributed by atoms with Crippen LogP contribution in [0.25, 0.3) is 0 Å². The molecule has 88 valence electrons. The van der Waals surface area contributed by atoms with Gasteiger partial charge in [0.1, 0.15) is 0 Å². The Bertz CT molecular complexity index is 217. The molecule has 0 heterocycles. The van der Waals surface area contributed by atoms with E-state index >= 15 is 0 Å². The van der Waals surface area contributed by atoms with Crippen molar-refractivity contribution in [3.05, 3.63) is 0 Å². The van der Waals surface area contributed by atoms with Crippen LogP contribution in [0, 0.1) is 17.3 Å². The summed E-state index contributed by atoms with van der Waals surface area (Å²) in [7, 11) is 0. The number of rotatable bonds is 2. The molecule has 0 radical (unpaired) electrons. The van der Waals surface area contributed by atoms with Gasteiger partial charge in [0.05, 0.1) is 6.61 Å². The molecule has 0 bridgehead atoms. The van der Waals surface area contributed by atoms with Gasteiger partial charge in [-0.05, 0) is 36.5 Å². The van der Waals surface area contributed by atoms with Gasteiger partial charge in [0.25, 0.3) is 0 Å². The van der Waals surface area contributed by atoms with E-state index in [2.05, 4.69) is 25.5 Å². The summed E-state index contributed by atoms with van der Waals surface area (Å²) in [4.78, 5) is 10.3. The maximum atomic E-state index is 10.3. The van der Waals surface area contributed by atoms with Crippen LogP contribution in [0.4, 0.5) is 4.79 Å². The van der Waals surface area contributed by atoms with E-state index in [0.717, 1.165) is 12.8 Å². The third kappa shape index (κ3) is 4.10. The highest BCUT2D eigenvalue weighted by molar-refractivity contribution is 5.56. The molecular formula is C12H22O3. The topological polar surface area (TPSA) is 46.5 Å². The van der Waals surface area contributed by atoms with E-state index in [-0.39, 0.29) is 0 Å². The Hall–Kier alpha value is -0.730. The fourth-order valence-corrected chi connectivity index (χ4v) is 2.42. The molecule has 1 rings (SSSR count). The van der Waals surface area contributed by atoms with Crippen LogP contribution in [0.15, 0.2) is 0 Å². The molecule has 1 N–H and O–H groups in total. The summed E-state index contributed by atoms with van der Waals surface area (Å²) < 4.78 is 4.66. The van der Waals surface area contributed by atoms with Crippen LogP contribution in [-0.2, 0) is 4.74 Å². The second-order valence-electron chi connectivity index (χ2n) is 5.67. The molecule has 0 aromatic rings. The third-order valence-electron chi connectivity index (χ3n) is 3.45. The van der Waals surface area contributed by atoms with Gasteiger partial charge in [-0.15, -0.1) is 0 Å². The predicted molar refractivity (Wildman–Crippen MR) is 58.9 cm³/mol. The molecule has 2 atom stereocenters. The molecule has 0 amide bonds. The van der Waals surface area contributed by atoms with Crippen molar-refractivity contribution in [3.63, 3.8) is 0 Å². The molecule has 1 aliphatic rings. The quantitative estimate of drug-likeness (QED) is 0.715. The Morgan fingerprint density at radius 2 is 2.07 bits per heavy atom. The molecule has 3 heteroatoms. The van der Waals surface area contributed by atoms with Crippen LogP contribution < -0.4 is 0 Å². The largest absolute Gasteiger partial charge is 0.505 e. The molecule has 1 saturated carbocycles. The molecule has 0 aliphatic heterocycles. The van der Waals surface area contributed by atoms with Crippen molar-refractivity contribution in [1.29, 1.82) is 0 Å². The standard InChI is InChI=1S/C12H22O3/c1-12(2,3)10-6-4-5-9(7-10)8-15-11(13)14/h9-10H,4-8H2,1-3H3,(H,13,14)/t9-,10+/m1/s1. The van der Waals surface area contributed by atoms with E-state index in [1.807, 2.05) is 0 Å². The molecule has 1 aliphatic carbocycles. The fraction of sp³-hybridized carbons (Fsp3) is 0.917. The molecule has 1 fully saturated rings. The molecule has 0 saturated heterocycles. The van der Waals surface area contributed by atoms with Crippen molar-refractivity contribution in [3.8, 4) is 0 Å². The van der Waals surface area contributed by atoms with E-state index < -0.39 is 6.16 Å². The average Bonchev–Trinajstić information content (AvgIpc) is 2.14. The number of hydrogen-bond acceptors (Lipinski definition) is 2. The van der Waals surface area contributed by atoms with Crippen molar-refractivity contribution in [1.82, 2.24) is 0 Å². The lowest BCUT2D eigenvalue weighted by molar-refractivity contribution is 0.0523. The minimum atomic E-state index is -1.15. The lowest BCUT2D eigenvalue weighted by Gasteiger charge is -2.37. The lowest BCUT2D eigenvalue weighted by atomic mass is 9.69. The van der Waals surface area contributed by atoms with Gasteiger partial charge in [-0.25, -0.2) is 4.79 Å². The van der Waals surface area contributed by atoms with Crippen molar-refractivity contribution in [2.45, 2.75) is 46.5 Å². The SMILES string of the molecule is CC(C)(C)[C@H]1CCC[C@@H](COC(=O)O)C1. The summed E-state index contributed by atoms with van der Waals surface area (Å²) in [5.74, 6) is 1.13. The minimum Gasteiger partial charge on any atom is -0.450 e. The van der Waals surface area contributed by atoms with Crippen LogP contribution in [-0.4, -0.2) is 17.9 Å². The van der Waals surface area contributed by atoms with Crippen LogP contribution in [0.2, 0.25) is 0 Å². The highest BCUT2D eigenvalue weighted by atomic mass is 16.7. The summed E-state index contributed by atoms with van der Waals surface area (Å²) in [6.45, 7) is 7.16. The second kappa shape index (κ2) is 4.86. The molecular weight excluding hydrogens is 192 g/mol. The van der Waals surface area contributed by atoms with Crippen molar-refractivity contribution in [2.75, 3.05) is 6.61 Å². The zero-order valence-corrected chi connectivity index (χ0v) is 9.95. The van der Waals surface area contributed by atoms with E-state index in [9.17, 15) is 4.79 Å². The van der Waals surface area contributed by atoms with Gasteiger partial charge < -0.3 is 9.84 Å². The van der Waals surface area contributed by atoms with E-state index in [1.54, 1.807) is 0 Å². The van der Waals surface area contributed by atoms with Gasteiger partial charge in [-0.3, -0.25) is 0 Å². The normalized spacial score (nSPS) is 27.4. The molecule has 0 spiro atoms. The maximum absolute atomic E-state index is 10.3. The highest BCUT2D eigenvalue weighted by Gasteiger charge is 2.30.